The van der Waals surface area contributed by atoms with E-state index in [1.807, 2.05) is 37.4 Å². The van der Waals surface area contributed by atoms with Gasteiger partial charge in [-0.3, -0.25) is 19.4 Å². The quantitative estimate of drug-likeness (QED) is 0.0669. The van der Waals surface area contributed by atoms with Crippen LogP contribution in [0.3, 0.4) is 0 Å². The van der Waals surface area contributed by atoms with E-state index in [0.717, 1.165) is 16.5 Å². The number of carbonyl (C=O) groups excluding carboxylic acids is 3. The maximum absolute atomic E-state index is 13.6. The zero-order valence-corrected chi connectivity index (χ0v) is 25.2. The second kappa shape index (κ2) is 17.2. The molecule has 1 aromatic heterocycles. The van der Waals surface area contributed by atoms with Gasteiger partial charge in [0.25, 0.3) is 0 Å². The van der Waals surface area contributed by atoms with Crippen LogP contribution < -0.4 is 33.2 Å². The Morgan fingerprint density at radius 1 is 1.02 bits per heavy atom. The number of rotatable bonds is 18. The van der Waals surface area contributed by atoms with Crippen LogP contribution in [0.25, 0.3) is 10.9 Å². The van der Waals surface area contributed by atoms with Gasteiger partial charge in [0.15, 0.2) is 5.96 Å². The maximum Gasteiger partial charge on any atom is 0.326 e. The molecule has 0 radical (unpaired) electrons. The van der Waals surface area contributed by atoms with E-state index < -0.39 is 47.9 Å². The highest BCUT2D eigenvalue weighted by Crippen LogP contribution is 2.20. The van der Waals surface area contributed by atoms with Gasteiger partial charge in [-0.1, -0.05) is 38.5 Å². The number of amides is 3. The van der Waals surface area contributed by atoms with E-state index in [9.17, 15) is 24.3 Å². The average Bonchev–Trinajstić information content (AvgIpc) is 3.37. The number of aliphatic carboxylic acids is 1. The lowest BCUT2D eigenvalue weighted by Crippen LogP contribution is -2.58. The summed E-state index contributed by atoms with van der Waals surface area (Å²) in [6, 6.07) is 3.38. The lowest BCUT2D eigenvalue weighted by molar-refractivity contribution is -0.143. The summed E-state index contributed by atoms with van der Waals surface area (Å²) < 4.78 is 0. The number of carboxylic acids is 1. The van der Waals surface area contributed by atoms with Crippen LogP contribution in [0.1, 0.15) is 45.1 Å². The predicted molar refractivity (Wildman–Crippen MR) is 166 cm³/mol. The van der Waals surface area contributed by atoms with Crippen molar-refractivity contribution in [3.05, 3.63) is 36.0 Å². The molecule has 2 aromatic rings. The Labute approximate surface area is 250 Å². The zero-order chi connectivity index (χ0) is 31.2. The second-order valence-corrected chi connectivity index (χ2v) is 11.2. The smallest absolute Gasteiger partial charge is 0.326 e. The fourth-order valence-electron chi connectivity index (χ4n) is 4.37. The van der Waals surface area contributed by atoms with Gasteiger partial charge in [-0.05, 0) is 48.8 Å². The number of carboxylic acid groups (broad SMARTS) is 1. The first kappa shape index (κ1) is 34.4. The first-order chi connectivity index (χ1) is 20.0. The van der Waals surface area contributed by atoms with Gasteiger partial charge < -0.3 is 43.2 Å². The van der Waals surface area contributed by atoms with Crippen molar-refractivity contribution in [2.24, 2.45) is 28.1 Å². The molecule has 0 saturated heterocycles. The molecule has 5 unspecified atom stereocenters. The Bertz CT molecular complexity index is 1230. The number of fused-ring (bicyclic) bond motifs is 1. The van der Waals surface area contributed by atoms with Crippen molar-refractivity contribution < 1.29 is 24.3 Å². The molecule has 0 aliphatic carbocycles. The van der Waals surface area contributed by atoms with Gasteiger partial charge in [0, 0.05) is 30.1 Å². The van der Waals surface area contributed by atoms with Crippen molar-refractivity contribution in [3.63, 3.8) is 0 Å². The number of hydrogen-bond acceptors (Lipinski definition) is 7. The van der Waals surface area contributed by atoms with Crippen LogP contribution in [0.15, 0.2) is 35.5 Å². The first-order valence-electron chi connectivity index (χ1n) is 14.0. The van der Waals surface area contributed by atoms with Crippen molar-refractivity contribution in [1.29, 1.82) is 0 Å². The van der Waals surface area contributed by atoms with Crippen molar-refractivity contribution in [3.8, 4) is 0 Å². The van der Waals surface area contributed by atoms with Crippen LogP contribution in [0, 0.1) is 5.92 Å². The second-order valence-electron chi connectivity index (χ2n) is 10.2. The summed E-state index contributed by atoms with van der Waals surface area (Å²) >= 11 is 1.55. The minimum Gasteiger partial charge on any atom is -0.480 e. The van der Waals surface area contributed by atoms with Crippen LogP contribution in [-0.4, -0.2) is 82.5 Å². The third-order valence-electron chi connectivity index (χ3n) is 7.06. The lowest BCUT2D eigenvalue weighted by Gasteiger charge is -2.26. The van der Waals surface area contributed by atoms with E-state index in [0.29, 0.717) is 25.0 Å². The standard InChI is InChI=1S/C28H44N8O5S/c1-4-16(2)23(27(40)41)36-26(39)22(14-17-15-33-20-9-6-5-8-18(17)20)35-25(38)21(10-7-12-32-28(30)31)34-24(37)19(29)11-13-42-3/h5-6,8-9,15-16,19,21-23,33H,4,7,10-14,29H2,1-3H3,(H,34,37)(H,35,38)(H,36,39)(H,40,41)(H4,30,31,32). The minimum absolute atomic E-state index is 0.0797. The Kier molecular flexibility index (Phi) is 14.1. The van der Waals surface area contributed by atoms with Gasteiger partial charge in [-0.15, -0.1) is 0 Å². The van der Waals surface area contributed by atoms with E-state index in [1.165, 1.54) is 0 Å². The number of benzene rings is 1. The van der Waals surface area contributed by atoms with Crippen molar-refractivity contribution in [2.45, 2.75) is 70.1 Å². The summed E-state index contributed by atoms with van der Waals surface area (Å²) in [5, 5.41) is 18.7. The molecule has 14 heteroatoms. The number of aromatic nitrogens is 1. The molecule has 0 saturated carbocycles. The van der Waals surface area contributed by atoms with Gasteiger partial charge in [0.1, 0.15) is 18.1 Å². The summed E-state index contributed by atoms with van der Waals surface area (Å²) in [4.78, 5) is 59.0. The van der Waals surface area contributed by atoms with Crippen LogP contribution >= 0.6 is 11.8 Å². The SMILES string of the molecule is CCC(C)C(NC(=O)C(Cc1c[nH]c2ccccc12)NC(=O)C(CCCN=C(N)N)NC(=O)C(N)CCSC)C(=O)O. The number of para-hydroxylation sites is 1. The van der Waals surface area contributed by atoms with Gasteiger partial charge in [-0.2, -0.15) is 11.8 Å². The molecule has 0 aliphatic heterocycles. The number of aromatic amines is 1. The Morgan fingerprint density at radius 3 is 2.33 bits per heavy atom. The summed E-state index contributed by atoms with van der Waals surface area (Å²) in [7, 11) is 0. The normalized spacial score (nSPS) is 14.7. The van der Waals surface area contributed by atoms with Crippen LogP contribution in [0.4, 0.5) is 0 Å². The van der Waals surface area contributed by atoms with Gasteiger partial charge in [0.2, 0.25) is 17.7 Å². The number of nitrogens with one attached hydrogen (secondary N) is 4. The van der Waals surface area contributed by atoms with Gasteiger partial charge in [-0.25, -0.2) is 4.79 Å². The molecule has 5 atom stereocenters. The molecule has 0 bridgehead atoms. The summed E-state index contributed by atoms with van der Waals surface area (Å²) in [6.07, 6.45) is 5.22. The number of guanidine groups is 1. The van der Waals surface area contributed by atoms with Crippen LogP contribution in [0.2, 0.25) is 0 Å². The fourth-order valence-corrected chi connectivity index (χ4v) is 4.86. The summed E-state index contributed by atoms with van der Waals surface area (Å²) in [5.74, 6) is -2.69. The molecule has 42 heavy (non-hydrogen) atoms. The number of hydrogen-bond donors (Lipinski definition) is 8. The molecule has 1 heterocycles. The Morgan fingerprint density at radius 2 is 1.69 bits per heavy atom. The molecule has 13 nitrogen and oxygen atoms in total. The van der Waals surface area contributed by atoms with E-state index in [1.54, 1.807) is 24.9 Å². The molecule has 3 amide bonds. The van der Waals surface area contributed by atoms with Crippen LogP contribution in [-0.2, 0) is 25.6 Å². The molecule has 232 valence electrons. The Balaban J connectivity index is 2.33. The third-order valence-corrected chi connectivity index (χ3v) is 7.70. The fraction of sp³-hybridized carbons (Fsp3) is 0.536. The number of nitrogens with two attached hydrogens (primary N) is 3. The number of H-pyrrole nitrogens is 1. The topological polar surface area (TPSA) is 231 Å². The number of aliphatic imine (C=N–C) groups is 1. The average molecular weight is 605 g/mol. The van der Waals surface area contributed by atoms with E-state index >= 15 is 0 Å². The number of nitrogens with zero attached hydrogens (tertiary/aromatic N) is 1. The largest absolute Gasteiger partial charge is 0.480 e. The van der Waals surface area contributed by atoms with E-state index in [4.69, 9.17) is 17.2 Å². The summed E-state index contributed by atoms with van der Waals surface area (Å²) in [5.41, 5.74) is 18.4. The molecular weight excluding hydrogens is 560 g/mol. The molecule has 0 fully saturated rings. The molecule has 1 aromatic carbocycles. The first-order valence-corrected chi connectivity index (χ1v) is 15.4. The van der Waals surface area contributed by atoms with Crippen LogP contribution in [0.5, 0.6) is 0 Å². The lowest BCUT2D eigenvalue weighted by atomic mass is 9.97. The molecule has 11 N–H and O–H groups in total. The highest BCUT2D eigenvalue weighted by Gasteiger charge is 2.32. The van der Waals surface area contributed by atoms with Crippen molar-refractivity contribution in [1.82, 2.24) is 20.9 Å². The maximum atomic E-state index is 13.6. The molecule has 2 rings (SSSR count). The van der Waals surface area contributed by atoms with Gasteiger partial charge in [0.05, 0.1) is 6.04 Å². The van der Waals surface area contributed by atoms with E-state index in [2.05, 4.69) is 25.9 Å². The predicted octanol–water partition coefficient (Wildman–Crippen LogP) is 0.430. The highest BCUT2D eigenvalue weighted by molar-refractivity contribution is 7.98. The zero-order valence-electron chi connectivity index (χ0n) is 24.4. The van der Waals surface area contributed by atoms with Crippen molar-refractivity contribution >= 4 is 52.3 Å². The monoisotopic (exact) mass is 604 g/mol. The molecular formula is C28H44N8O5S. The third kappa shape index (κ3) is 10.6. The minimum atomic E-state index is -1.17. The number of thioether (sulfide) groups is 1. The highest BCUT2D eigenvalue weighted by atomic mass is 32.2. The molecule has 0 aliphatic rings. The number of carbonyl (C=O) groups is 4. The Hall–Kier alpha value is -3.78. The summed E-state index contributed by atoms with van der Waals surface area (Å²) in [6.45, 7) is 3.79. The van der Waals surface area contributed by atoms with E-state index in [-0.39, 0.29) is 31.3 Å². The molecule has 0 spiro atoms. The van der Waals surface area contributed by atoms with Gasteiger partial charge >= 0.3 is 5.97 Å². The van der Waals surface area contributed by atoms with Crippen molar-refractivity contribution in [2.75, 3.05) is 18.6 Å².